The van der Waals surface area contributed by atoms with Crippen LogP contribution in [0.5, 0.6) is 5.75 Å². The summed E-state index contributed by atoms with van der Waals surface area (Å²) in [6, 6.07) is 8.34. The zero-order valence-electron chi connectivity index (χ0n) is 17.1. The monoisotopic (exact) mass is 401 g/mol. The molecule has 0 saturated heterocycles. The van der Waals surface area contributed by atoms with Crippen molar-refractivity contribution in [3.63, 3.8) is 0 Å². The van der Waals surface area contributed by atoms with Gasteiger partial charge in [0.05, 0.1) is 18.3 Å². The summed E-state index contributed by atoms with van der Waals surface area (Å²) in [4.78, 5) is 10.9. The number of thiazole rings is 1. The second kappa shape index (κ2) is 10.3. The predicted octanol–water partition coefficient (Wildman–Crippen LogP) is 3.79. The summed E-state index contributed by atoms with van der Waals surface area (Å²) in [5.74, 6) is 1.73. The van der Waals surface area contributed by atoms with Gasteiger partial charge in [0.2, 0.25) is 0 Å². The number of rotatable bonds is 7. The molecule has 1 aromatic heterocycles. The van der Waals surface area contributed by atoms with E-state index in [9.17, 15) is 0 Å². The standard InChI is InChI=1S/C21H31N5OS/c1-22-20(24-14-17-15-28-21(25-17)26(2)3)23-13-16-8-7-11-19(12-16)27-18-9-5-4-6-10-18/h7-8,11-12,15,18H,4-6,9-10,13-14H2,1-3H3,(H2,22,23,24). The van der Waals surface area contributed by atoms with Gasteiger partial charge in [-0.25, -0.2) is 4.98 Å². The second-order valence-electron chi connectivity index (χ2n) is 7.32. The van der Waals surface area contributed by atoms with Crippen LogP contribution in [-0.2, 0) is 13.1 Å². The number of hydrogen-bond donors (Lipinski definition) is 2. The van der Waals surface area contributed by atoms with Gasteiger partial charge in [-0.15, -0.1) is 11.3 Å². The Kier molecular flexibility index (Phi) is 7.54. The van der Waals surface area contributed by atoms with Crippen LogP contribution in [0.1, 0.15) is 43.4 Å². The Labute approximate surface area is 172 Å². The minimum Gasteiger partial charge on any atom is -0.490 e. The largest absolute Gasteiger partial charge is 0.490 e. The summed E-state index contributed by atoms with van der Waals surface area (Å²) in [6.07, 6.45) is 6.62. The van der Waals surface area contributed by atoms with Crippen molar-refractivity contribution < 1.29 is 4.74 Å². The fraction of sp³-hybridized carbons (Fsp3) is 0.524. The van der Waals surface area contributed by atoms with Crippen molar-refractivity contribution in [1.82, 2.24) is 15.6 Å². The second-order valence-corrected chi connectivity index (χ2v) is 8.16. The van der Waals surface area contributed by atoms with Crippen LogP contribution in [-0.4, -0.2) is 38.2 Å². The molecule has 1 aromatic carbocycles. The van der Waals surface area contributed by atoms with Gasteiger partial charge < -0.3 is 20.3 Å². The lowest BCUT2D eigenvalue weighted by Crippen LogP contribution is -2.36. The van der Waals surface area contributed by atoms with Crippen LogP contribution in [0.15, 0.2) is 34.6 Å². The van der Waals surface area contributed by atoms with Gasteiger partial charge in [-0.3, -0.25) is 4.99 Å². The summed E-state index contributed by atoms with van der Waals surface area (Å²) in [5, 5.41) is 9.77. The molecule has 0 radical (unpaired) electrons. The van der Waals surface area contributed by atoms with E-state index < -0.39 is 0 Å². The smallest absolute Gasteiger partial charge is 0.191 e. The van der Waals surface area contributed by atoms with Crippen LogP contribution < -0.4 is 20.3 Å². The molecule has 28 heavy (non-hydrogen) atoms. The third kappa shape index (κ3) is 6.12. The SMILES string of the molecule is CN=C(NCc1cccc(OC2CCCCC2)c1)NCc1csc(N(C)C)n1. The molecule has 3 rings (SSSR count). The van der Waals surface area contributed by atoms with E-state index in [2.05, 4.69) is 50.3 Å². The summed E-state index contributed by atoms with van der Waals surface area (Å²) in [5.41, 5.74) is 2.19. The van der Waals surface area contributed by atoms with E-state index in [1.165, 1.54) is 37.7 Å². The lowest BCUT2D eigenvalue weighted by molar-refractivity contribution is 0.155. The number of nitrogens with zero attached hydrogens (tertiary/aromatic N) is 3. The van der Waals surface area contributed by atoms with Crippen molar-refractivity contribution in [2.75, 3.05) is 26.0 Å². The van der Waals surface area contributed by atoms with Gasteiger partial charge in [0, 0.05) is 33.1 Å². The zero-order valence-corrected chi connectivity index (χ0v) is 17.9. The molecule has 2 aromatic rings. The summed E-state index contributed by atoms with van der Waals surface area (Å²) < 4.78 is 6.17. The van der Waals surface area contributed by atoms with Crippen LogP contribution in [0.2, 0.25) is 0 Å². The van der Waals surface area contributed by atoms with Gasteiger partial charge in [-0.05, 0) is 43.4 Å². The maximum Gasteiger partial charge on any atom is 0.191 e. The van der Waals surface area contributed by atoms with Crippen molar-refractivity contribution >= 4 is 22.4 Å². The Morgan fingerprint density at radius 3 is 2.71 bits per heavy atom. The lowest BCUT2D eigenvalue weighted by atomic mass is 9.98. The molecule has 0 amide bonds. The zero-order chi connectivity index (χ0) is 19.8. The van der Waals surface area contributed by atoms with Crippen molar-refractivity contribution in [1.29, 1.82) is 0 Å². The number of aromatic nitrogens is 1. The Morgan fingerprint density at radius 2 is 2.00 bits per heavy atom. The predicted molar refractivity (Wildman–Crippen MR) is 117 cm³/mol. The summed E-state index contributed by atoms with van der Waals surface area (Å²) >= 11 is 1.64. The molecule has 1 aliphatic carbocycles. The number of aliphatic imine (C=N–C) groups is 1. The van der Waals surface area contributed by atoms with E-state index in [1.54, 1.807) is 18.4 Å². The average molecular weight is 402 g/mol. The highest BCUT2D eigenvalue weighted by Gasteiger charge is 2.14. The normalized spacial score (nSPS) is 15.3. The first-order valence-electron chi connectivity index (χ1n) is 9.96. The molecule has 2 N–H and O–H groups in total. The maximum absolute atomic E-state index is 6.17. The molecule has 152 valence electrons. The van der Waals surface area contributed by atoms with Crippen LogP contribution in [0.25, 0.3) is 0 Å². The molecule has 0 unspecified atom stereocenters. The van der Waals surface area contributed by atoms with Crippen molar-refractivity contribution in [3.8, 4) is 5.75 Å². The number of benzene rings is 1. The van der Waals surface area contributed by atoms with Crippen LogP contribution in [0.4, 0.5) is 5.13 Å². The topological polar surface area (TPSA) is 61.8 Å². The Hall–Kier alpha value is -2.28. The fourth-order valence-corrected chi connectivity index (χ4v) is 4.03. The van der Waals surface area contributed by atoms with E-state index >= 15 is 0 Å². The molecule has 7 heteroatoms. The van der Waals surface area contributed by atoms with Gasteiger partial charge in [-0.2, -0.15) is 0 Å². The van der Waals surface area contributed by atoms with Gasteiger partial charge >= 0.3 is 0 Å². The number of nitrogens with one attached hydrogen (secondary N) is 2. The molecule has 1 heterocycles. The highest BCUT2D eigenvalue weighted by atomic mass is 32.1. The molecule has 1 fully saturated rings. The lowest BCUT2D eigenvalue weighted by Gasteiger charge is -2.23. The molecule has 0 aliphatic heterocycles. The quantitative estimate of drug-likeness (QED) is 0.546. The maximum atomic E-state index is 6.17. The van der Waals surface area contributed by atoms with E-state index in [1.807, 2.05) is 19.0 Å². The van der Waals surface area contributed by atoms with Crippen molar-refractivity contribution in [2.24, 2.45) is 4.99 Å². The molecule has 6 nitrogen and oxygen atoms in total. The van der Waals surface area contributed by atoms with Gasteiger partial charge in [0.1, 0.15) is 5.75 Å². The van der Waals surface area contributed by atoms with Crippen LogP contribution in [0.3, 0.4) is 0 Å². The van der Waals surface area contributed by atoms with E-state index in [0.717, 1.165) is 22.5 Å². The van der Waals surface area contributed by atoms with Crippen molar-refractivity contribution in [3.05, 3.63) is 40.9 Å². The van der Waals surface area contributed by atoms with Crippen LogP contribution in [0, 0.1) is 0 Å². The minimum atomic E-state index is 0.372. The fourth-order valence-electron chi connectivity index (χ4n) is 3.27. The molecular weight excluding hydrogens is 370 g/mol. The Bertz CT molecular complexity index is 768. The Balaban J connectivity index is 1.48. The minimum absolute atomic E-state index is 0.372. The number of anilines is 1. The highest BCUT2D eigenvalue weighted by Crippen LogP contribution is 2.24. The molecule has 1 saturated carbocycles. The molecular formula is C21H31N5OS. The van der Waals surface area contributed by atoms with E-state index in [-0.39, 0.29) is 0 Å². The number of ether oxygens (including phenoxy) is 1. The molecule has 0 spiro atoms. The molecule has 0 bridgehead atoms. The number of hydrogen-bond acceptors (Lipinski definition) is 5. The third-order valence-electron chi connectivity index (χ3n) is 4.80. The van der Waals surface area contributed by atoms with Crippen LogP contribution >= 0.6 is 11.3 Å². The van der Waals surface area contributed by atoms with E-state index in [4.69, 9.17) is 4.74 Å². The molecule has 0 atom stereocenters. The summed E-state index contributed by atoms with van der Waals surface area (Å²) in [6.45, 7) is 1.34. The first-order valence-corrected chi connectivity index (χ1v) is 10.8. The summed E-state index contributed by atoms with van der Waals surface area (Å²) in [7, 11) is 5.79. The van der Waals surface area contributed by atoms with Crippen molar-refractivity contribution in [2.45, 2.75) is 51.3 Å². The van der Waals surface area contributed by atoms with Gasteiger partial charge in [0.15, 0.2) is 11.1 Å². The van der Waals surface area contributed by atoms with Gasteiger partial charge in [0.25, 0.3) is 0 Å². The first-order chi connectivity index (χ1) is 13.6. The molecule has 1 aliphatic rings. The third-order valence-corrected chi connectivity index (χ3v) is 5.85. The Morgan fingerprint density at radius 1 is 1.21 bits per heavy atom. The van der Waals surface area contributed by atoms with E-state index in [0.29, 0.717) is 19.2 Å². The number of guanidine groups is 1. The van der Waals surface area contributed by atoms with Gasteiger partial charge in [-0.1, -0.05) is 18.6 Å². The first kappa shape index (κ1) is 20.5. The highest BCUT2D eigenvalue weighted by molar-refractivity contribution is 7.13. The average Bonchev–Trinajstić information content (AvgIpc) is 3.19.